The number of hydrogen-bond acceptors (Lipinski definition) is 5. The Labute approximate surface area is 164 Å². The number of amides is 1. The first-order chi connectivity index (χ1) is 13.4. The Morgan fingerprint density at radius 3 is 2.57 bits per heavy atom. The van der Waals surface area contributed by atoms with Crippen molar-refractivity contribution in [3.05, 3.63) is 57.9 Å². The van der Waals surface area contributed by atoms with E-state index in [9.17, 15) is 14.4 Å². The highest BCUT2D eigenvalue weighted by molar-refractivity contribution is 6.09. The van der Waals surface area contributed by atoms with Crippen molar-refractivity contribution in [2.45, 2.75) is 32.6 Å². The molecule has 1 amide bonds. The van der Waals surface area contributed by atoms with Crippen molar-refractivity contribution in [1.82, 2.24) is 10.2 Å². The molecule has 1 aromatic carbocycles. The van der Waals surface area contributed by atoms with Crippen molar-refractivity contribution in [2.75, 3.05) is 20.2 Å². The van der Waals surface area contributed by atoms with Crippen LogP contribution in [0.4, 0.5) is 0 Å². The number of aryl methyl sites for hydroxylation is 1. The van der Waals surface area contributed by atoms with Gasteiger partial charge in [-0.25, -0.2) is 4.79 Å². The fourth-order valence-corrected chi connectivity index (χ4v) is 4.52. The number of methoxy groups -OCH3 is 1. The molecule has 2 aliphatic heterocycles. The van der Waals surface area contributed by atoms with Gasteiger partial charge in [-0.05, 0) is 24.8 Å². The van der Waals surface area contributed by atoms with Gasteiger partial charge in [-0.15, -0.1) is 0 Å². The van der Waals surface area contributed by atoms with Crippen molar-refractivity contribution in [3.8, 4) is 0 Å². The fraction of sp³-hybridized carbons (Fsp3) is 0.409. The standard InChI is InChI=1S/C22H24N2O4/c1-12-4-6-14(7-5-12)17-18-15(10-13(2)11-16(18)25)24-9-8-23-21(26)20(24)19(17)22(27)28-3/h4-7,13,17H,8-11H2,1-3H3,(H,23,26)/t13-,17-/m0/s1. The Balaban J connectivity index is 2.00. The zero-order valence-corrected chi connectivity index (χ0v) is 16.4. The first-order valence-electron chi connectivity index (χ1n) is 9.63. The van der Waals surface area contributed by atoms with Gasteiger partial charge in [0.2, 0.25) is 0 Å². The molecule has 0 unspecified atom stereocenters. The molecule has 0 bridgehead atoms. The van der Waals surface area contributed by atoms with Crippen LogP contribution in [0.5, 0.6) is 0 Å². The van der Waals surface area contributed by atoms with Gasteiger partial charge < -0.3 is 15.0 Å². The van der Waals surface area contributed by atoms with Crippen molar-refractivity contribution >= 4 is 17.7 Å². The van der Waals surface area contributed by atoms with Gasteiger partial charge in [-0.3, -0.25) is 9.59 Å². The van der Waals surface area contributed by atoms with Crippen molar-refractivity contribution in [1.29, 1.82) is 0 Å². The third-order valence-corrected chi connectivity index (χ3v) is 5.77. The lowest BCUT2D eigenvalue weighted by Gasteiger charge is -2.44. The summed E-state index contributed by atoms with van der Waals surface area (Å²) in [6, 6.07) is 7.77. The summed E-state index contributed by atoms with van der Waals surface area (Å²) >= 11 is 0. The van der Waals surface area contributed by atoms with Gasteiger partial charge in [0.1, 0.15) is 5.70 Å². The summed E-state index contributed by atoms with van der Waals surface area (Å²) in [4.78, 5) is 40.7. The smallest absolute Gasteiger partial charge is 0.337 e. The Morgan fingerprint density at radius 1 is 1.18 bits per heavy atom. The minimum Gasteiger partial charge on any atom is -0.466 e. The van der Waals surface area contributed by atoms with E-state index in [2.05, 4.69) is 5.32 Å². The molecule has 0 radical (unpaired) electrons. The second-order valence-corrected chi connectivity index (χ2v) is 7.80. The minimum absolute atomic E-state index is 0.0470. The zero-order chi connectivity index (χ0) is 20.0. The second-order valence-electron chi connectivity index (χ2n) is 7.80. The number of esters is 1. The first-order valence-corrected chi connectivity index (χ1v) is 9.63. The van der Waals surface area contributed by atoms with Gasteiger partial charge in [-0.2, -0.15) is 0 Å². The molecule has 2 atom stereocenters. The summed E-state index contributed by atoms with van der Waals surface area (Å²) in [6.45, 7) is 5.05. The third-order valence-electron chi connectivity index (χ3n) is 5.77. The summed E-state index contributed by atoms with van der Waals surface area (Å²) in [5, 5.41) is 2.84. The summed E-state index contributed by atoms with van der Waals surface area (Å²) in [5.74, 6) is -1.19. The average molecular weight is 380 g/mol. The molecule has 2 heterocycles. The topological polar surface area (TPSA) is 75.7 Å². The van der Waals surface area contributed by atoms with Gasteiger partial charge in [0, 0.05) is 36.7 Å². The van der Waals surface area contributed by atoms with E-state index >= 15 is 0 Å². The van der Waals surface area contributed by atoms with Crippen LogP contribution >= 0.6 is 0 Å². The molecular formula is C22H24N2O4. The van der Waals surface area contributed by atoms with Crippen molar-refractivity contribution in [3.63, 3.8) is 0 Å². The SMILES string of the molecule is COC(=O)C1=C2C(=O)NCCN2C2=C(C(=O)C[C@@H](C)C2)[C@@H]1c1ccc(C)cc1. The van der Waals surface area contributed by atoms with Crippen LogP contribution in [0, 0.1) is 12.8 Å². The van der Waals surface area contributed by atoms with E-state index < -0.39 is 11.9 Å². The molecular weight excluding hydrogens is 356 g/mol. The number of rotatable bonds is 2. The summed E-state index contributed by atoms with van der Waals surface area (Å²) in [6.07, 6.45) is 1.17. The Bertz CT molecular complexity index is 926. The Kier molecular flexibility index (Phi) is 4.57. The molecule has 1 aromatic rings. The highest BCUT2D eigenvalue weighted by Gasteiger charge is 2.46. The Morgan fingerprint density at radius 2 is 1.89 bits per heavy atom. The van der Waals surface area contributed by atoms with Crippen LogP contribution in [0.25, 0.3) is 0 Å². The fourth-order valence-electron chi connectivity index (χ4n) is 4.52. The molecule has 6 heteroatoms. The van der Waals surface area contributed by atoms with Crippen LogP contribution in [0.1, 0.15) is 36.8 Å². The van der Waals surface area contributed by atoms with Gasteiger partial charge >= 0.3 is 5.97 Å². The molecule has 0 aromatic heterocycles. The summed E-state index contributed by atoms with van der Waals surface area (Å²) in [5.41, 5.74) is 4.01. The maximum absolute atomic E-state index is 13.1. The van der Waals surface area contributed by atoms with Crippen molar-refractivity contribution < 1.29 is 19.1 Å². The lowest BCUT2D eigenvalue weighted by atomic mass is 9.72. The lowest BCUT2D eigenvalue weighted by molar-refractivity contribution is -0.137. The zero-order valence-electron chi connectivity index (χ0n) is 16.4. The molecule has 0 spiro atoms. The number of piperazine rings is 1. The molecule has 1 fully saturated rings. The van der Waals surface area contributed by atoms with Gasteiger partial charge in [0.15, 0.2) is 5.78 Å². The predicted octanol–water partition coefficient (Wildman–Crippen LogP) is 2.20. The van der Waals surface area contributed by atoms with Crippen LogP contribution in [-0.4, -0.2) is 42.8 Å². The van der Waals surface area contributed by atoms with E-state index in [4.69, 9.17) is 4.74 Å². The molecule has 146 valence electrons. The van der Waals surface area contributed by atoms with Gasteiger partial charge in [0.25, 0.3) is 5.91 Å². The number of ketones is 1. The predicted molar refractivity (Wildman–Crippen MR) is 103 cm³/mol. The number of Topliss-reactive ketones (excluding diaryl/α,β-unsaturated/α-hetero) is 1. The number of hydrogen-bond donors (Lipinski definition) is 1. The molecule has 4 rings (SSSR count). The highest BCUT2D eigenvalue weighted by Crippen LogP contribution is 2.47. The maximum Gasteiger partial charge on any atom is 0.337 e. The van der Waals surface area contributed by atoms with E-state index in [1.165, 1.54) is 7.11 Å². The van der Waals surface area contributed by atoms with Crippen LogP contribution < -0.4 is 5.32 Å². The van der Waals surface area contributed by atoms with E-state index in [1.807, 2.05) is 43.0 Å². The number of carbonyl (C=O) groups is 3. The summed E-state index contributed by atoms with van der Waals surface area (Å²) < 4.78 is 5.06. The highest BCUT2D eigenvalue weighted by atomic mass is 16.5. The van der Waals surface area contributed by atoms with E-state index in [0.29, 0.717) is 37.2 Å². The molecule has 1 saturated heterocycles. The average Bonchev–Trinajstić information content (AvgIpc) is 2.67. The number of ether oxygens (including phenoxy) is 1. The monoisotopic (exact) mass is 380 g/mol. The minimum atomic E-state index is -0.585. The molecule has 1 aliphatic carbocycles. The third kappa shape index (κ3) is 2.84. The molecule has 3 aliphatic rings. The van der Waals surface area contributed by atoms with Crippen LogP contribution in [0.3, 0.4) is 0 Å². The lowest BCUT2D eigenvalue weighted by Crippen LogP contribution is -2.50. The summed E-state index contributed by atoms with van der Waals surface area (Å²) in [7, 11) is 1.31. The van der Waals surface area contributed by atoms with Crippen LogP contribution in [0.15, 0.2) is 46.8 Å². The number of allylic oxidation sites excluding steroid dienone is 2. The number of carbonyl (C=O) groups excluding carboxylic acids is 3. The molecule has 28 heavy (non-hydrogen) atoms. The molecule has 1 N–H and O–H groups in total. The van der Waals surface area contributed by atoms with Crippen molar-refractivity contribution in [2.24, 2.45) is 5.92 Å². The first kappa shape index (κ1) is 18.5. The van der Waals surface area contributed by atoms with Crippen LogP contribution in [-0.2, 0) is 19.1 Å². The van der Waals surface area contributed by atoms with E-state index in [-0.39, 0.29) is 23.2 Å². The number of benzene rings is 1. The normalized spacial score (nSPS) is 24.6. The Hall–Kier alpha value is -2.89. The number of fused-ring (bicyclic) bond motifs is 2. The van der Waals surface area contributed by atoms with E-state index in [1.54, 1.807) is 0 Å². The van der Waals surface area contributed by atoms with Gasteiger partial charge in [-0.1, -0.05) is 36.8 Å². The van der Waals surface area contributed by atoms with Gasteiger partial charge in [0.05, 0.1) is 12.7 Å². The second kappa shape index (κ2) is 6.93. The maximum atomic E-state index is 13.1. The van der Waals surface area contributed by atoms with Crippen LogP contribution in [0.2, 0.25) is 0 Å². The number of nitrogens with one attached hydrogen (secondary N) is 1. The molecule has 6 nitrogen and oxygen atoms in total. The largest absolute Gasteiger partial charge is 0.466 e. The number of nitrogens with zero attached hydrogens (tertiary/aromatic N) is 1. The van der Waals surface area contributed by atoms with E-state index in [0.717, 1.165) is 16.8 Å². The molecule has 0 saturated carbocycles. The quantitative estimate of drug-likeness (QED) is 0.796.